The zero-order valence-electron chi connectivity index (χ0n) is 11.6. The number of carbonyl (C=O) groups excluding carboxylic acids is 3. The number of amides is 2. The predicted octanol–water partition coefficient (Wildman–Crippen LogP) is -0.369. The minimum absolute atomic E-state index is 0.297. The molecule has 0 saturated carbocycles. The summed E-state index contributed by atoms with van der Waals surface area (Å²) in [5.74, 6) is -1.91. The molecule has 0 radical (unpaired) electrons. The monoisotopic (exact) mass is 302 g/mol. The van der Waals surface area contributed by atoms with Crippen LogP contribution in [0.15, 0.2) is 42.7 Å². The van der Waals surface area contributed by atoms with Crippen molar-refractivity contribution in [2.24, 2.45) is 5.73 Å². The number of primary amides is 1. The Morgan fingerprint density at radius 3 is 2.55 bits per heavy atom. The van der Waals surface area contributed by atoms with Crippen molar-refractivity contribution in [2.45, 2.75) is 0 Å². The number of benzene rings is 1. The average molecular weight is 302 g/mol. The molecule has 8 nitrogen and oxygen atoms in total. The third-order valence-corrected chi connectivity index (χ3v) is 2.67. The van der Waals surface area contributed by atoms with Gasteiger partial charge in [0.25, 0.3) is 5.91 Å². The molecule has 1 aromatic heterocycles. The Hall–Kier alpha value is -3.16. The van der Waals surface area contributed by atoms with E-state index in [0.717, 1.165) is 5.69 Å². The predicted molar refractivity (Wildman–Crippen MR) is 76.1 cm³/mol. The molecular formula is C14H14N4O4. The van der Waals surface area contributed by atoms with E-state index in [1.165, 1.54) is 0 Å². The summed E-state index contributed by atoms with van der Waals surface area (Å²) in [6.45, 7) is -0.776. The summed E-state index contributed by atoms with van der Waals surface area (Å²) in [6, 6.07) is 8.34. The highest BCUT2D eigenvalue weighted by Gasteiger charge is 2.10. The van der Waals surface area contributed by atoms with Crippen molar-refractivity contribution in [1.29, 1.82) is 0 Å². The van der Waals surface area contributed by atoms with E-state index < -0.39 is 24.4 Å². The Morgan fingerprint density at radius 2 is 1.95 bits per heavy atom. The number of aromatic nitrogens is 2. The smallest absolute Gasteiger partial charge is 0.338 e. The van der Waals surface area contributed by atoms with Crippen LogP contribution in [0.1, 0.15) is 10.4 Å². The second-order valence-electron chi connectivity index (χ2n) is 4.32. The van der Waals surface area contributed by atoms with Gasteiger partial charge in [-0.05, 0) is 30.3 Å². The van der Waals surface area contributed by atoms with Crippen LogP contribution in [0.2, 0.25) is 0 Å². The van der Waals surface area contributed by atoms with Crippen LogP contribution in [0.25, 0.3) is 5.69 Å². The van der Waals surface area contributed by atoms with E-state index >= 15 is 0 Å². The highest BCUT2D eigenvalue weighted by Crippen LogP contribution is 2.09. The van der Waals surface area contributed by atoms with Crippen molar-refractivity contribution >= 4 is 17.8 Å². The van der Waals surface area contributed by atoms with E-state index in [0.29, 0.717) is 5.56 Å². The third-order valence-electron chi connectivity index (χ3n) is 2.67. The summed E-state index contributed by atoms with van der Waals surface area (Å²) < 4.78 is 6.47. The van der Waals surface area contributed by atoms with Gasteiger partial charge in [0.05, 0.1) is 17.8 Å². The van der Waals surface area contributed by atoms with Crippen molar-refractivity contribution in [3.63, 3.8) is 0 Å². The molecule has 2 rings (SSSR count). The van der Waals surface area contributed by atoms with Crippen LogP contribution in [0.5, 0.6) is 0 Å². The Morgan fingerprint density at radius 1 is 1.23 bits per heavy atom. The summed E-state index contributed by atoms with van der Waals surface area (Å²) in [4.78, 5) is 33.5. The maximum atomic E-state index is 11.8. The maximum Gasteiger partial charge on any atom is 0.338 e. The normalized spacial score (nSPS) is 10.0. The van der Waals surface area contributed by atoms with Crippen LogP contribution in [-0.2, 0) is 14.3 Å². The number of carbonyl (C=O) groups is 3. The lowest BCUT2D eigenvalue weighted by molar-refractivity contribution is -0.127. The minimum atomic E-state index is -0.672. The van der Waals surface area contributed by atoms with Gasteiger partial charge in [-0.2, -0.15) is 5.10 Å². The van der Waals surface area contributed by atoms with Gasteiger partial charge in [0.1, 0.15) is 0 Å². The van der Waals surface area contributed by atoms with Gasteiger partial charge >= 0.3 is 5.97 Å². The quantitative estimate of drug-likeness (QED) is 0.706. The summed E-state index contributed by atoms with van der Waals surface area (Å²) in [5, 5.41) is 6.28. The van der Waals surface area contributed by atoms with Gasteiger partial charge in [-0.1, -0.05) is 0 Å². The van der Waals surface area contributed by atoms with E-state index in [1.807, 2.05) is 0 Å². The van der Waals surface area contributed by atoms with Crippen molar-refractivity contribution in [3.8, 4) is 5.69 Å². The number of nitrogens with zero attached hydrogens (tertiary/aromatic N) is 2. The molecule has 0 spiro atoms. The molecule has 2 amide bonds. The van der Waals surface area contributed by atoms with Crippen molar-refractivity contribution in [3.05, 3.63) is 48.3 Å². The summed E-state index contributed by atoms with van der Waals surface area (Å²) >= 11 is 0. The van der Waals surface area contributed by atoms with E-state index in [1.54, 1.807) is 47.4 Å². The number of nitrogens with one attached hydrogen (secondary N) is 1. The number of nitrogens with two attached hydrogens (primary N) is 1. The third kappa shape index (κ3) is 4.17. The molecule has 1 heterocycles. The van der Waals surface area contributed by atoms with Gasteiger partial charge < -0.3 is 15.8 Å². The molecule has 1 aromatic carbocycles. The zero-order chi connectivity index (χ0) is 15.9. The van der Waals surface area contributed by atoms with Crippen molar-refractivity contribution in [2.75, 3.05) is 13.2 Å². The second-order valence-corrected chi connectivity index (χ2v) is 4.32. The van der Waals surface area contributed by atoms with Crippen LogP contribution >= 0.6 is 0 Å². The van der Waals surface area contributed by atoms with E-state index in [9.17, 15) is 14.4 Å². The van der Waals surface area contributed by atoms with E-state index in [2.05, 4.69) is 10.4 Å². The highest BCUT2D eigenvalue weighted by atomic mass is 16.5. The van der Waals surface area contributed by atoms with Gasteiger partial charge in [0.2, 0.25) is 5.91 Å². The van der Waals surface area contributed by atoms with Crippen LogP contribution in [0.4, 0.5) is 0 Å². The highest BCUT2D eigenvalue weighted by molar-refractivity contribution is 5.92. The average Bonchev–Trinajstić information content (AvgIpc) is 3.05. The SMILES string of the molecule is NC(=O)CNC(=O)COC(=O)c1ccc(-n2cccn2)cc1. The Labute approximate surface area is 125 Å². The molecule has 0 bridgehead atoms. The maximum absolute atomic E-state index is 11.8. The number of rotatable bonds is 6. The number of hydrogen-bond acceptors (Lipinski definition) is 5. The van der Waals surface area contributed by atoms with E-state index in [4.69, 9.17) is 10.5 Å². The summed E-state index contributed by atoms with van der Waals surface area (Å²) in [6.07, 6.45) is 3.42. The number of esters is 1. The van der Waals surface area contributed by atoms with Gasteiger partial charge in [-0.15, -0.1) is 0 Å². The molecule has 8 heteroatoms. The number of ether oxygens (including phenoxy) is 1. The molecule has 0 aliphatic rings. The lowest BCUT2D eigenvalue weighted by Crippen LogP contribution is -2.35. The fourth-order valence-corrected chi connectivity index (χ4v) is 1.62. The van der Waals surface area contributed by atoms with Crippen LogP contribution in [-0.4, -0.2) is 40.7 Å². The van der Waals surface area contributed by atoms with Crippen LogP contribution < -0.4 is 11.1 Å². The Balaban J connectivity index is 1.87. The molecule has 2 aromatic rings. The lowest BCUT2D eigenvalue weighted by Gasteiger charge is -2.06. The molecule has 0 aliphatic carbocycles. The first-order chi connectivity index (χ1) is 10.6. The largest absolute Gasteiger partial charge is 0.452 e. The molecule has 0 aliphatic heterocycles. The molecule has 0 atom stereocenters. The van der Waals surface area contributed by atoms with Gasteiger partial charge in [0.15, 0.2) is 6.61 Å². The fraction of sp³-hybridized carbons (Fsp3) is 0.143. The Bertz CT molecular complexity index is 665. The first-order valence-electron chi connectivity index (χ1n) is 6.38. The minimum Gasteiger partial charge on any atom is -0.452 e. The second kappa shape index (κ2) is 7.02. The van der Waals surface area contributed by atoms with Gasteiger partial charge in [-0.3, -0.25) is 9.59 Å². The molecule has 3 N–H and O–H groups in total. The number of hydrogen-bond donors (Lipinski definition) is 2. The fourth-order valence-electron chi connectivity index (χ4n) is 1.62. The van der Waals surface area contributed by atoms with Crippen molar-refractivity contribution in [1.82, 2.24) is 15.1 Å². The molecule has 22 heavy (non-hydrogen) atoms. The first-order valence-corrected chi connectivity index (χ1v) is 6.38. The molecular weight excluding hydrogens is 288 g/mol. The first kappa shape index (κ1) is 15.2. The molecule has 0 saturated heterocycles. The van der Waals surface area contributed by atoms with E-state index in [-0.39, 0.29) is 6.54 Å². The summed E-state index contributed by atoms with van der Waals surface area (Å²) in [7, 11) is 0. The zero-order valence-corrected chi connectivity index (χ0v) is 11.6. The Kier molecular flexibility index (Phi) is 4.86. The molecule has 0 fully saturated rings. The lowest BCUT2D eigenvalue weighted by atomic mass is 10.2. The summed E-state index contributed by atoms with van der Waals surface area (Å²) in [5.41, 5.74) is 5.97. The molecule has 0 unspecified atom stereocenters. The van der Waals surface area contributed by atoms with Gasteiger partial charge in [0, 0.05) is 12.4 Å². The van der Waals surface area contributed by atoms with Crippen LogP contribution in [0.3, 0.4) is 0 Å². The standard InChI is InChI=1S/C14H14N4O4/c15-12(19)8-16-13(20)9-22-14(21)10-2-4-11(5-3-10)18-7-1-6-17-18/h1-7H,8-9H2,(H2,15,19)(H,16,20). The van der Waals surface area contributed by atoms with Gasteiger partial charge in [-0.25, -0.2) is 9.48 Å². The molecule has 114 valence electrons. The van der Waals surface area contributed by atoms with Crippen LogP contribution in [0, 0.1) is 0 Å². The topological polar surface area (TPSA) is 116 Å². The van der Waals surface area contributed by atoms with Crippen molar-refractivity contribution < 1.29 is 19.1 Å².